The van der Waals surface area contributed by atoms with E-state index in [2.05, 4.69) is 15.0 Å². The average Bonchev–Trinajstić information content (AvgIpc) is 3.36. The van der Waals surface area contributed by atoms with Crippen molar-refractivity contribution in [2.45, 2.75) is 6.54 Å². The summed E-state index contributed by atoms with van der Waals surface area (Å²) >= 11 is 1.44. The van der Waals surface area contributed by atoms with E-state index in [1.165, 1.54) is 28.5 Å². The summed E-state index contributed by atoms with van der Waals surface area (Å²) in [6.45, 7) is 0.141. The lowest BCUT2D eigenvalue weighted by molar-refractivity contribution is 0.0979. The fraction of sp³-hybridized carbons (Fsp3) is 0.0769. The predicted molar refractivity (Wildman–Crippen MR) is 131 cm³/mol. The van der Waals surface area contributed by atoms with Gasteiger partial charge in [-0.1, -0.05) is 24.3 Å². The number of hydrogen-bond donors (Lipinski definition) is 0. The van der Waals surface area contributed by atoms with Gasteiger partial charge in [-0.25, -0.2) is 14.4 Å². The third-order valence-corrected chi connectivity index (χ3v) is 6.29. The molecule has 34 heavy (non-hydrogen) atoms. The maximum absolute atomic E-state index is 14.8. The second-order valence-corrected chi connectivity index (χ2v) is 8.56. The van der Waals surface area contributed by atoms with E-state index in [0.717, 1.165) is 21.2 Å². The Morgan fingerprint density at radius 2 is 1.68 bits per heavy atom. The summed E-state index contributed by atoms with van der Waals surface area (Å²) < 4.78 is 20.0. The van der Waals surface area contributed by atoms with Gasteiger partial charge in [0, 0.05) is 16.6 Å². The molecule has 0 unspecified atom stereocenters. The number of carbonyl (C=O) groups excluding carboxylic acids is 1. The average molecular weight is 471 g/mol. The lowest BCUT2D eigenvalue weighted by Crippen LogP contribution is -2.31. The van der Waals surface area contributed by atoms with Crippen molar-refractivity contribution < 1.29 is 13.9 Å². The second-order valence-electron chi connectivity index (χ2n) is 7.45. The lowest BCUT2D eigenvalue weighted by atomic mass is 10.2. The molecule has 5 aromatic rings. The number of methoxy groups -OCH3 is 1. The molecule has 2 heterocycles. The number of hydrogen-bond acceptors (Lipinski definition) is 6. The van der Waals surface area contributed by atoms with Crippen LogP contribution < -0.4 is 9.64 Å². The summed E-state index contributed by atoms with van der Waals surface area (Å²) in [7, 11) is 1.62. The highest BCUT2D eigenvalue weighted by molar-refractivity contribution is 7.15. The molecular weight excluding hydrogens is 451 g/mol. The van der Waals surface area contributed by atoms with E-state index < -0.39 is 11.7 Å². The van der Waals surface area contributed by atoms with Crippen LogP contribution >= 0.6 is 11.3 Å². The van der Waals surface area contributed by atoms with Gasteiger partial charge in [0.1, 0.15) is 22.3 Å². The van der Waals surface area contributed by atoms with Crippen molar-refractivity contribution in [1.82, 2.24) is 15.0 Å². The van der Waals surface area contributed by atoms with Gasteiger partial charge < -0.3 is 4.74 Å². The van der Waals surface area contributed by atoms with Crippen LogP contribution in [-0.2, 0) is 6.54 Å². The Labute approximate surface area is 199 Å². The molecule has 1 amide bonds. The lowest BCUT2D eigenvalue weighted by Gasteiger charge is -2.22. The highest BCUT2D eigenvalue weighted by Crippen LogP contribution is 2.30. The Morgan fingerprint density at radius 3 is 2.44 bits per heavy atom. The zero-order valence-electron chi connectivity index (χ0n) is 18.2. The van der Waals surface area contributed by atoms with Gasteiger partial charge in [-0.2, -0.15) is 0 Å². The Balaban J connectivity index is 1.49. The molecule has 0 atom stereocenters. The molecule has 3 aromatic carbocycles. The number of thiazole rings is 1. The van der Waals surface area contributed by atoms with E-state index in [0.29, 0.717) is 11.0 Å². The number of aromatic nitrogens is 3. The number of fused-ring (bicyclic) bond motifs is 1. The molecule has 0 bridgehead atoms. The van der Waals surface area contributed by atoms with Gasteiger partial charge >= 0.3 is 0 Å². The SMILES string of the molecule is COc1ccc(-c2ncc(CN(C(=O)c3cnc4ccccc4n3)c3ccccc3F)s2)cc1. The minimum atomic E-state index is -0.496. The predicted octanol–water partition coefficient (Wildman–Crippen LogP) is 5.75. The Morgan fingerprint density at radius 1 is 0.941 bits per heavy atom. The van der Waals surface area contributed by atoms with E-state index in [1.807, 2.05) is 42.5 Å². The topological polar surface area (TPSA) is 68.2 Å². The zero-order valence-corrected chi connectivity index (χ0v) is 19.0. The van der Waals surface area contributed by atoms with E-state index in [9.17, 15) is 9.18 Å². The summed E-state index contributed by atoms with van der Waals surface area (Å²) in [4.78, 5) is 29.0. The van der Waals surface area contributed by atoms with Gasteiger partial charge in [-0.3, -0.25) is 14.7 Å². The van der Waals surface area contributed by atoms with Crippen molar-refractivity contribution in [3.63, 3.8) is 0 Å². The molecule has 0 saturated carbocycles. The molecule has 168 valence electrons. The van der Waals surface area contributed by atoms with Crippen molar-refractivity contribution in [2.24, 2.45) is 0 Å². The van der Waals surface area contributed by atoms with Gasteiger partial charge in [0.05, 0.1) is 36.6 Å². The minimum Gasteiger partial charge on any atom is -0.497 e. The molecule has 6 nitrogen and oxygen atoms in total. The van der Waals surface area contributed by atoms with E-state index in [4.69, 9.17) is 4.74 Å². The maximum atomic E-state index is 14.8. The van der Waals surface area contributed by atoms with Crippen LogP contribution in [0.2, 0.25) is 0 Å². The van der Waals surface area contributed by atoms with Crippen molar-refractivity contribution in [1.29, 1.82) is 0 Å². The number of nitrogens with zero attached hydrogens (tertiary/aromatic N) is 4. The Hall–Kier alpha value is -4.17. The van der Waals surface area contributed by atoms with Gasteiger partial charge in [0.15, 0.2) is 0 Å². The van der Waals surface area contributed by atoms with Gasteiger partial charge in [0.2, 0.25) is 0 Å². The third-order valence-electron chi connectivity index (χ3n) is 5.26. The Kier molecular flexibility index (Phi) is 5.97. The standard InChI is InChI=1S/C26H19FN4O2S/c1-33-18-12-10-17(11-13-18)25-29-14-19(34-25)16-31(24-9-5-2-6-20(24)27)26(32)23-15-28-21-7-3-4-8-22(21)30-23/h2-15H,16H2,1H3. The van der Waals surface area contributed by atoms with Crippen molar-refractivity contribution >= 4 is 34.0 Å². The number of para-hydroxylation sites is 3. The number of anilines is 1. The van der Waals surface area contributed by atoms with Crippen molar-refractivity contribution in [2.75, 3.05) is 12.0 Å². The highest BCUT2D eigenvalue weighted by atomic mass is 32.1. The molecule has 0 N–H and O–H groups in total. The molecule has 0 aliphatic rings. The molecule has 5 rings (SSSR count). The summed E-state index contributed by atoms with van der Waals surface area (Å²) in [5.74, 6) is -0.180. The molecule has 0 aliphatic carbocycles. The van der Waals surface area contributed by atoms with Crippen LogP contribution in [0.3, 0.4) is 0 Å². The molecule has 0 fully saturated rings. The van der Waals surface area contributed by atoms with Crippen LogP contribution in [0.25, 0.3) is 21.6 Å². The molecule has 0 saturated heterocycles. The fourth-order valence-corrected chi connectivity index (χ4v) is 4.45. The number of ether oxygens (including phenoxy) is 1. The largest absolute Gasteiger partial charge is 0.497 e. The zero-order chi connectivity index (χ0) is 23.5. The van der Waals surface area contributed by atoms with Gasteiger partial charge in [-0.05, 0) is 48.5 Å². The second kappa shape index (κ2) is 9.36. The molecular formula is C26H19FN4O2S. The number of rotatable bonds is 6. The number of benzene rings is 3. The van der Waals surface area contributed by atoms with Gasteiger partial charge in [-0.15, -0.1) is 11.3 Å². The number of carbonyl (C=O) groups is 1. The van der Waals surface area contributed by atoms with Crippen molar-refractivity contribution in [3.8, 4) is 16.3 Å². The summed E-state index contributed by atoms with van der Waals surface area (Å²) in [6.07, 6.45) is 3.13. The van der Waals surface area contributed by atoms with Crippen LogP contribution in [0, 0.1) is 5.82 Å². The quantitative estimate of drug-likeness (QED) is 0.316. The normalized spacial score (nSPS) is 10.9. The molecule has 8 heteroatoms. The number of amides is 1. The maximum Gasteiger partial charge on any atom is 0.278 e. The first-order valence-electron chi connectivity index (χ1n) is 10.5. The molecule has 2 aromatic heterocycles. The smallest absolute Gasteiger partial charge is 0.278 e. The molecule has 0 spiro atoms. The third kappa shape index (κ3) is 4.35. The first-order chi connectivity index (χ1) is 16.6. The molecule has 0 radical (unpaired) electrons. The summed E-state index contributed by atoms with van der Waals surface area (Å²) in [6, 6.07) is 21.1. The van der Waals surface area contributed by atoms with E-state index >= 15 is 0 Å². The first-order valence-corrected chi connectivity index (χ1v) is 11.3. The first kappa shape index (κ1) is 21.7. The monoisotopic (exact) mass is 470 g/mol. The highest BCUT2D eigenvalue weighted by Gasteiger charge is 2.23. The summed E-state index contributed by atoms with van der Waals surface area (Å²) in [5.41, 5.74) is 2.52. The molecule has 0 aliphatic heterocycles. The van der Waals surface area contributed by atoms with E-state index in [1.54, 1.807) is 37.6 Å². The fourth-order valence-electron chi connectivity index (χ4n) is 3.54. The van der Waals surface area contributed by atoms with Crippen LogP contribution in [0.15, 0.2) is 85.2 Å². The van der Waals surface area contributed by atoms with Crippen molar-refractivity contribution in [3.05, 3.63) is 102 Å². The minimum absolute atomic E-state index is 0.141. The van der Waals surface area contributed by atoms with Crippen LogP contribution in [0.4, 0.5) is 10.1 Å². The van der Waals surface area contributed by atoms with Gasteiger partial charge in [0.25, 0.3) is 5.91 Å². The van der Waals surface area contributed by atoms with Crippen LogP contribution in [0.1, 0.15) is 15.4 Å². The van der Waals surface area contributed by atoms with Crippen LogP contribution in [0.5, 0.6) is 5.75 Å². The number of halogens is 1. The van der Waals surface area contributed by atoms with Crippen LogP contribution in [-0.4, -0.2) is 28.0 Å². The summed E-state index contributed by atoms with van der Waals surface area (Å²) in [5, 5.41) is 0.795. The van der Waals surface area contributed by atoms with E-state index in [-0.39, 0.29) is 17.9 Å². The Bertz CT molecular complexity index is 1470.